The van der Waals surface area contributed by atoms with E-state index in [0.717, 1.165) is 74.4 Å². The van der Waals surface area contributed by atoms with Crippen LogP contribution in [0.5, 0.6) is 0 Å². The molecule has 2 bridgehead atoms. The van der Waals surface area contributed by atoms with Gasteiger partial charge in [-0.25, -0.2) is 9.97 Å². The highest BCUT2D eigenvalue weighted by atomic mass is 16.3. The minimum absolute atomic E-state index is 0.202. The fourth-order valence-corrected chi connectivity index (χ4v) is 5.22. The number of oxazole rings is 1. The zero-order chi connectivity index (χ0) is 20.6. The second kappa shape index (κ2) is 8.00. The van der Waals surface area contributed by atoms with Crippen LogP contribution in [0.4, 0.5) is 0 Å². The van der Waals surface area contributed by atoms with Gasteiger partial charge in [0.15, 0.2) is 0 Å². The number of H-pyrrole nitrogens is 1. The Balaban J connectivity index is 1.12. The van der Waals surface area contributed by atoms with E-state index in [9.17, 15) is 5.11 Å². The first-order chi connectivity index (χ1) is 14.6. The fraction of sp³-hybridized carbons (Fsp3) is 0.500. The van der Waals surface area contributed by atoms with Crippen LogP contribution in [-0.2, 0) is 6.42 Å². The first kappa shape index (κ1) is 19.5. The number of aliphatic hydroxyl groups is 1. The molecule has 2 aromatic heterocycles. The molecule has 0 aliphatic heterocycles. The maximum absolute atomic E-state index is 11.4. The van der Waals surface area contributed by atoms with Crippen molar-refractivity contribution < 1.29 is 9.52 Å². The Morgan fingerprint density at radius 2 is 2.17 bits per heavy atom. The van der Waals surface area contributed by atoms with Gasteiger partial charge in [-0.2, -0.15) is 0 Å². The second-order valence-electron chi connectivity index (χ2n) is 9.01. The van der Waals surface area contributed by atoms with E-state index in [4.69, 9.17) is 4.42 Å². The molecule has 158 valence electrons. The number of hydrogen-bond donors (Lipinski definition) is 2. The molecule has 3 aliphatic carbocycles. The molecule has 1 fully saturated rings. The Hall–Kier alpha value is -2.44. The van der Waals surface area contributed by atoms with Crippen molar-refractivity contribution >= 4 is 16.6 Å². The Kier molecular flexibility index (Phi) is 5.21. The van der Waals surface area contributed by atoms with E-state index in [0.29, 0.717) is 5.92 Å². The first-order valence-electron chi connectivity index (χ1n) is 11.1. The zero-order valence-electron chi connectivity index (χ0n) is 17.6. The van der Waals surface area contributed by atoms with Gasteiger partial charge in [-0.1, -0.05) is 18.2 Å². The van der Waals surface area contributed by atoms with Crippen molar-refractivity contribution in [2.75, 3.05) is 20.1 Å². The number of aryl methyl sites for hydroxylation is 1. The monoisotopic (exact) mass is 406 g/mol. The molecule has 3 aromatic rings. The largest absolute Gasteiger partial charge is 0.445 e. The predicted molar refractivity (Wildman–Crippen MR) is 117 cm³/mol. The molecule has 2 heterocycles. The molecule has 3 atom stereocenters. The van der Waals surface area contributed by atoms with Crippen LogP contribution in [0, 0.1) is 11.8 Å². The van der Waals surface area contributed by atoms with Gasteiger partial charge < -0.3 is 19.4 Å². The SMILES string of the molecule is CN(CCCc1nc2ccccc2[nH]1)CC[C@]1(O)C[C@H]2CCC1C=C2c1ncco1. The van der Waals surface area contributed by atoms with E-state index in [1.807, 2.05) is 18.2 Å². The quantitative estimate of drug-likeness (QED) is 0.590. The fourth-order valence-electron chi connectivity index (χ4n) is 5.22. The number of imidazole rings is 1. The molecule has 1 saturated carbocycles. The highest BCUT2D eigenvalue weighted by molar-refractivity contribution is 5.74. The van der Waals surface area contributed by atoms with Gasteiger partial charge in [0.2, 0.25) is 5.89 Å². The van der Waals surface area contributed by atoms with Crippen molar-refractivity contribution in [3.8, 4) is 0 Å². The first-order valence-corrected chi connectivity index (χ1v) is 11.1. The Labute approximate surface area is 177 Å². The maximum Gasteiger partial charge on any atom is 0.221 e. The van der Waals surface area contributed by atoms with E-state index in [1.165, 1.54) is 5.57 Å². The van der Waals surface area contributed by atoms with Gasteiger partial charge in [0.25, 0.3) is 0 Å². The van der Waals surface area contributed by atoms with Gasteiger partial charge in [0.1, 0.15) is 12.1 Å². The normalized spacial score (nSPS) is 25.9. The zero-order valence-corrected chi connectivity index (χ0v) is 17.6. The molecule has 2 N–H and O–H groups in total. The molecule has 1 aromatic carbocycles. The summed E-state index contributed by atoms with van der Waals surface area (Å²) >= 11 is 0. The van der Waals surface area contributed by atoms with Crippen LogP contribution < -0.4 is 0 Å². The van der Waals surface area contributed by atoms with Crippen LogP contribution in [0.2, 0.25) is 0 Å². The molecular weight excluding hydrogens is 376 g/mol. The number of aromatic amines is 1. The molecule has 30 heavy (non-hydrogen) atoms. The number of aromatic nitrogens is 3. The number of allylic oxidation sites excluding steroid dienone is 1. The molecular formula is C24H30N4O2. The average molecular weight is 407 g/mol. The van der Waals surface area contributed by atoms with Crippen LogP contribution >= 0.6 is 0 Å². The summed E-state index contributed by atoms with van der Waals surface area (Å²) in [5.41, 5.74) is 2.73. The topological polar surface area (TPSA) is 78.2 Å². The summed E-state index contributed by atoms with van der Waals surface area (Å²) in [6, 6.07) is 8.16. The Morgan fingerprint density at radius 1 is 1.27 bits per heavy atom. The lowest BCUT2D eigenvalue weighted by Gasteiger charge is -2.47. The molecule has 0 amide bonds. The number of para-hydroxylation sites is 2. The van der Waals surface area contributed by atoms with Crippen LogP contribution in [0.1, 0.15) is 43.8 Å². The third-order valence-electron chi connectivity index (χ3n) is 6.93. The van der Waals surface area contributed by atoms with Gasteiger partial charge >= 0.3 is 0 Å². The summed E-state index contributed by atoms with van der Waals surface area (Å²) in [5.74, 6) is 2.34. The molecule has 1 unspecified atom stereocenters. The minimum atomic E-state index is -0.605. The molecule has 0 radical (unpaired) electrons. The lowest BCUT2D eigenvalue weighted by Crippen LogP contribution is -2.48. The predicted octanol–water partition coefficient (Wildman–Crippen LogP) is 4.05. The highest BCUT2D eigenvalue weighted by Gasteiger charge is 2.47. The van der Waals surface area contributed by atoms with E-state index in [2.05, 4.69) is 39.0 Å². The molecule has 6 rings (SSSR count). The Morgan fingerprint density at radius 3 is 2.93 bits per heavy atom. The lowest BCUT2D eigenvalue weighted by molar-refractivity contribution is -0.0577. The van der Waals surface area contributed by atoms with E-state index in [1.54, 1.807) is 12.5 Å². The third-order valence-corrected chi connectivity index (χ3v) is 6.93. The van der Waals surface area contributed by atoms with Crippen LogP contribution in [0.3, 0.4) is 0 Å². The van der Waals surface area contributed by atoms with Crippen LogP contribution in [0.25, 0.3) is 16.6 Å². The minimum Gasteiger partial charge on any atom is -0.445 e. The summed E-state index contributed by atoms with van der Waals surface area (Å²) < 4.78 is 5.52. The summed E-state index contributed by atoms with van der Waals surface area (Å²) in [7, 11) is 2.15. The van der Waals surface area contributed by atoms with Gasteiger partial charge in [0, 0.05) is 24.5 Å². The van der Waals surface area contributed by atoms with E-state index in [-0.39, 0.29) is 5.92 Å². The van der Waals surface area contributed by atoms with Crippen molar-refractivity contribution in [2.24, 2.45) is 11.8 Å². The van der Waals surface area contributed by atoms with E-state index >= 15 is 0 Å². The van der Waals surface area contributed by atoms with Crippen LogP contribution in [0.15, 0.2) is 47.2 Å². The summed E-state index contributed by atoms with van der Waals surface area (Å²) in [5, 5.41) is 11.4. The number of nitrogens with one attached hydrogen (secondary N) is 1. The number of hydrogen-bond acceptors (Lipinski definition) is 5. The Bertz CT molecular complexity index is 992. The van der Waals surface area contributed by atoms with E-state index < -0.39 is 5.60 Å². The van der Waals surface area contributed by atoms with Gasteiger partial charge in [-0.15, -0.1) is 0 Å². The summed E-state index contributed by atoms with van der Waals surface area (Å²) in [6.45, 7) is 1.90. The number of nitrogens with zero attached hydrogens (tertiary/aromatic N) is 3. The van der Waals surface area contributed by atoms with Gasteiger partial charge in [-0.3, -0.25) is 0 Å². The van der Waals surface area contributed by atoms with Crippen molar-refractivity contribution in [3.05, 3.63) is 54.5 Å². The summed E-state index contributed by atoms with van der Waals surface area (Å²) in [6.07, 6.45) is 11.4. The average Bonchev–Trinajstić information content (AvgIpc) is 3.42. The standard InChI is InChI=1S/C24H30N4O2/c1-28(12-4-7-22-26-20-5-2-3-6-21(20)27-22)13-10-24(29)16-17-8-9-18(24)15-19(17)23-25-11-14-30-23/h2-3,5-6,11,14-15,17-18,29H,4,7-10,12-13,16H2,1H3,(H,26,27)/t17-,18?,24+/m1/s1. The number of benzene rings is 1. The molecule has 6 heteroatoms. The second-order valence-corrected chi connectivity index (χ2v) is 9.01. The number of rotatable bonds is 8. The van der Waals surface area contributed by atoms with Crippen LogP contribution in [-0.4, -0.2) is 50.7 Å². The smallest absolute Gasteiger partial charge is 0.221 e. The maximum atomic E-state index is 11.4. The molecule has 0 spiro atoms. The lowest BCUT2D eigenvalue weighted by atomic mass is 9.62. The summed E-state index contributed by atoms with van der Waals surface area (Å²) in [4.78, 5) is 14.7. The van der Waals surface area contributed by atoms with Gasteiger partial charge in [-0.05, 0) is 63.7 Å². The van der Waals surface area contributed by atoms with Crippen molar-refractivity contribution in [2.45, 2.75) is 44.1 Å². The molecule has 6 nitrogen and oxygen atoms in total. The number of fused-ring (bicyclic) bond motifs is 3. The highest BCUT2D eigenvalue weighted by Crippen LogP contribution is 2.50. The molecule has 0 saturated heterocycles. The third kappa shape index (κ3) is 3.82. The molecule has 3 aliphatic rings. The van der Waals surface area contributed by atoms with Gasteiger partial charge in [0.05, 0.1) is 22.8 Å². The van der Waals surface area contributed by atoms with Crippen molar-refractivity contribution in [3.63, 3.8) is 0 Å². The van der Waals surface area contributed by atoms with Crippen molar-refractivity contribution in [1.29, 1.82) is 0 Å². The van der Waals surface area contributed by atoms with Crippen molar-refractivity contribution in [1.82, 2.24) is 19.9 Å².